The average Bonchev–Trinajstić information content (AvgIpc) is 3.20. The number of halogens is 4. The smallest absolute Gasteiger partial charge is 0.343 e. The zero-order chi connectivity index (χ0) is 20.1. The van der Waals surface area contributed by atoms with Crippen LogP contribution in [0.5, 0.6) is 0 Å². The number of nitrogens with one attached hydrogen (secondary N) is 2. The van der Waals surface area contributed by atoms with Crippen molar-refractivity contribution in [3.63, 3.8) is 0 Å². The lowest BCUT2D eigenvalue weighted by molar-refractivity contribution is -0.137. The van der Waals surface area contributed by atoms with Crippen LogP contribution in [0.4, 0.5) is 13.2 Å². The van der Waals surface area contributed by atoms with E-state index in [4.69, 9.17) is 11.6 Å². The molecular formula is C21H20ClF3N2O. The summed E-state index contributed by atoms with van der Waals surface area (Å²) < 4.78 is 39.5. The second-order valence-corrected chi connectivity index (χ2v) is 8.17. The lowest BCUT2D eigenvalue weighted by Gasteiger charge is -2.44. The molecule has 28 heavy (non-hydrogen) atoms. The van der Waals surface area contributed by atoms with Gasteiger partial charge in [-0.2, -0.15) is 13.2 Å². The van der Waals surface area contributed by atoms with Crippen molar-refractivity contribution in [3.05, 3.63) is 69.7 Å². The number of carbonyl (C=O) groups excluding carboxylic acids is 1. The highest BCUT2D eigenvalue weighted by Gasteiger charge is 2.55. The molecule has 0 radical (unpaired) electrons. The fraction of sp³-hybridized carbons (Fsp3) is 0.381. The van der Waals surface area contributed by atoms with Crippen LogP contribution in [0.2, 0.25) is 5.02 Å². The molecule has 5 rings (SSSR count). The molecule has 3 fully saturated rings. The predicted octanol–water partition coefficient (Wildman–Crippen LogP) is 4.89. The van der Waals surface area contributed by atoms with E-state index in [2.05, 4.69) is 10.6 Å². The van der Waals surface area contributed by atoms with E-state index in [0.29, 0.717) is 5.92 Å². The Balaban J connectivity index is 1.67. The number of benzene rings is 2. The van der Waals surface area contributed by atoms with E-state index < -0.39 is 22.7 Å². The van der Waals surface area contributed by atoms with Crippen molar-refractivity contribution in [2.45, 2.75) is 37.5 Å². The summed E-state index contributed by atoms with van der Waals surface area (Å²) in [4.78, 5) is 12.9. The molecule has 1 amide bonds. The third-order valence-electron chi connectivity index (χ3n) is 5.80. The summed E-state index contributed by atoms with van der Waals surface area (Å²) >= 11 is 5.95. The average molecular weight is 409 g/mol. The van der Waals surface area contributed by atoms with Crippen molar-refractivity contribution in [1.82, 2.24) is 10.6 Å². The molecule has 2 saturated heterocycles. The van der Waals surface area contributed by atoms with Crippen LogP contribution in [0.25, 0.3) is 0 Å². The van der Waals surface area contributed by atoms with Crippen molar-refractivity contribution < 1.29 is 18.0 Å². The Morgan fingerprint density at radius 2 is 1.96 bits per heavy atom. The van der Waals surface area contributed by atoms with E-state index in [-0.39, 0.29) is 17.1 Å². The van der Waals surface area contributed by atoms with Gasteiger partial charge in [-0.05, 0) is 49.9 Å². The SMILES string of the molecule is Cc1cccc(C(NC(=O)c2cccc(C(F)(F)F)c2Cl)C23CC(CN2)C3)c1. The molecule has 1 aliphatic carbocycles. The zero-order valence-corrected chi connectivity index (χ0v) is 16.0. The number of amides is 1. The molecule has 2 aliphatic heterocycles. The maximum atomic E-state index is 13.2. The Morgan fingerprint density at radius 3 is 2.57 bits per heavy atom. The van der Waals surface area contributed by atoms with E-state index in [1.54, 1.807) is 0 Å². The second kappa shape index (κ2) is 6.78. The standard InChI is InChI=1S/C21H20ClF3N2O/c1-12-4-2-5-14(8-12)18(20-9-13(10-20)11-26-20)27-19(28)15-6-3-7-16(17(15)22)21(23,24)25/h2-8,13,18,26H,9-11H2,1H3,(H,27,28). The van der Waals surface area contributed by atoms with Gasteiger partial charge in [0.2, 0.25) is 0 Å². The molecule has 3 nitrogen and oxygen atoms in total. The molecule has 1 atom stereocenters. The first-order valence-electron chi connectivity index (χ1n) is 9.18. The normalized spacial score (nSPS) is 24.5. The summed E-state index contributed by atoms with van der Waals surface area (Å²) in [7, 11) is 0. The van der Waals surface area contributed by atoms with Crippen LogP contribution < -0.4 is 10.6 Å². The minimum atomic E-state index is -4.61. The minimum Gasteiger partial charge on any atom is -0.343 e. The highest BCUT2D eigenvalue weighted by molar-refractivity contribution is 6.34. The lowest BCUT2D eigenvalue weighted by Crippen LogP contribution is -2.54. The van der Waals surface area contributed by atoms with Crippen molar-refractivity contribution in [1.29, 1.82) is 0 Å². The number of fused-ring (bicyclic) bond motifs is 1. The summed E-state index contributed by atoms with van der Waals surface area (Å²) in [6, 6.07) is 10.9. The Kier molecular flexibility index (Phi) is 4.67. The highest BCUT2D eigenvalue weighted by Crippen LogP contribution is 2.51. The van der Waals surface area contributed by atoms with Gasteiger partial charge in [0.05, 0.1) is 22.2 Å². The van der Waals surface area contributed by atoms with Gasteiger partial charge in [0, 0.05) is 5.54 Å². The van der Waals surface area contributed by atoms with Crippen LogP contribution in [-0.4, -0.2) is 18.0 Å². The Hall–Kier alpha value is -2.05. The lowest BCUT2D eigenvalue weighted by atomic mass is 9.67. The number of rotatable bonds is 4. The van der Waals surface area contributed by atoms with E-state index in [9.17, 15) is 18.0 Å². The molecule has 0 aromatic heterocycles. The molecule has 2 N–H and O–H groups in total. The maximum absolute atomic E-state index is 13.2. The second-order valence-electron chi connectivity index (χ2n) is 7.80. The van der Waals surface area contributed by atoms with Crippen LogP contribution >= 0.6 is 11.6 Å². The number of alkyl halides is 3. The number of aryl methyl sites for hydroxylation is 1. The topological polar surface area (TPSA) is 41.1 Å². The third kappa shape index (κ3) is 3.29. The van der Waals surface area contributed by atoms with Crippen molar-refractivity contribution in [3.8, 4) is 0 Å². The molecule has 1 saturated carbocycles. The van der Waals surface area contributed by atoms with Crippen LogP contribution in [0.1, 0.15) is 45.9 Å². The largest absolute Gasteiger partial charge is 0.417 e. The fourth-order valence-electron chi connectivity index (χ4n) is 4.47. The van der Waals surface area contributed by atoms with Gasteiger partial charge >= 0.3 is 6.18 Å². The van der Waals surface area contributed by atoms with Gasteiger partial charge in [0.25, 0.3) is 5.91 Å². The molecule has 148 valence electrons. The summed E-state index contributed by atoms with van der Waals surface area (Å²) in [5, 5.41) is 5.90. The van der Waals surface area contributed by atoms with Gasteiger partial charge in [0.1, 0.15) is 0 Å². The first-order chi connectivity index (χ1) is 13.2. The van der Waals surface area contributed by atoms with Crippen molar-refractivity contribution >= 4 is 17.5 Å². The summed E-state index contributed by atoms with van der Waals surface area (Å²) in [6.07, 6.45) is -2.75. The van der Waals surface area contributed by atoms with Gasteiger partial charge in [-0.1, -0.05) is 47.5 Å². The van der Waals surface area contributed by atoms with Gasteiger partial charge in [-0.3, -0.25) is 4.79 Å². The molecule has 1 unspecified atom stereocenters. The summed E-state index contributed by atoms with van der Waals surface area (Å²) in [5.74, 6) is -0.0181. The third-order valence-corrected chi connectivity index (χ3v) is 6.21. The van der Waals surface area contributed by atoms with E-state index in [1.807, 2.05) is 31.2 Å². The molecule has 2 aromatic rings. The number of carbonyl (C=O) groups is 1. The molecule has 3 aliphatic rings. The summed E-state index contributed by atoms with van der Waals surface area (Å²) in [6.45, 7) is 2.86. The molecular weight excluding hydrogens is 389 g/mol. The predicted molar refractivity (Wildman–Crippen MR) is 101 cm³/mol. The molecule has 0 spiro atoms. The fourth-order valence-corrected chi connectivity index (χ4v) is 4.79. The van der Waals surface area contributed by atoms with Crippen molar-refractivity contribution in [2.75, 3.05) is 6.54 Å². The van der Waals surface area contributed by atoms with Gasteiger partial charge < -0.3 is 10.6 Å². The quantitative estimate of drug-likeness (QED) is 0.756. The molecule has 2 heterocycles. The summed E-state index contributed by atoms with van der Waals surface area (Å²) in [5.41, 5.74) is 0.556. The zero-order valence-electron chi connectivity index (χ0n) is 15.2. The van der Waals surface area contributed by atoms with Crippen LogP contribution in [0.15, 0.2) is 42.5 Å². The molecule has 2 aromatic carbocycles. The minimum absolute atomic E-state index is 0.167. The Labute approximate surface area is 166 Å². The molecule has 7 heteroatoms. The first kappa shape index (κ1) is 19.3. The van der Waals surface area contributed by atoms with Gasteiger partial charge in [-0.25, -0.2) is 0 Å². The monoisotopic (exact) mass is 408 g/mol. The van der Waals surface area contributed by atoms with E-state index in [0.717, 1.165) is 36.6 Å². The van der Waals surface area contributed by atoms with Crippen LogP contribution in [0.3, 0.4) is 0 Å². The van der Waals surface area contributed by atoms with Gasteiger partial charge in [-0.15, -0.1) is 0 Å². The maximum Gasteiger partial charge on any atom is 0.417 e. The molecule has 2 bridgehead atoms. The first-order valence-corrected chi connectivity index (χ1v) is 9.55. The Morgan fingerprint density at radius 1 is 1.25 bits per heavy atom. The highest BCUT2D eigenvalue weighted by atomic mass is 35.5. The Bertz CT molecular complexity index is 917. The number of hydrogen-bond acceptors (Lipinski definition) is 2. The van der Waals surface area contributed by atoms with E-state index >= 15 is 0 Å². The van der Waals surface area contributed by atoms with Crippen molar-refractivity contribution in [2.24, 2.45) is 5.92 Å². The van der Waals surface area contributed by atoms with E-state index in [1.165, 1.54) is 12.1 Å². The number of hydrogen-bond donors (Lipinski definition) is 2. The van der Waals surface area contributed by atoms with Crippen LogP contribution in [0, 0.1) is 12.8 Å². The van der Waals surface area contributed by atoms with Crippen LogP contribution in [-0.2, 0) is 6.18 Å². The van der Waals surface area contributed by atoms with Gasteiger partial charge in [0.15, 0.2) is 0 Å².